The van der Waals surface area contributed by atoms with Crippen molar-refractivity contribution in [2.45, 2.75) is 65.1 Å². The van der Waals surface area contributed by atoms with E-state index in [9.17, 15) is 9.59 Å². The summed E-state index contributed by atoms with van der Waals surface area (Å²) in [6.45, 7) is 8.37. The monoisotopic (exact) mass is 554 g/mol. The number of carbonyl (C=O) groups is 2. The van der Waals surface area contributed by atoms with E-state index in [4.69, 9.17) is 27.9 Å². The van der Waals surface area contributed by atoms with Gasteiger partial charge in [-0.3, -0.25) is 9.59 Å². The molecule has 38 heavy (non-hydrogen) atoms. The van der Waals surface area contributed by atoms with Crippen LogP contribution in [-0.2, 0) is 22.6 Å². The SMILES string of the molecule is Cc1ccc(OCCCC(=O)N(Cc2ccc(Cl)cc2Cl)C(Cc2ccccc2)C(=O)NC(C)(C)C)cc1. The Balaban J connectivity index is 1.84. The number of rotatable bonds is 11. The molecule has 3 aromatic carbocycles. The van der Waals surface area contributed by atoms with Crippen LogP contribution in [0.15, 0.2) is 72.8 Å². The van der Waals surface area contributed by atoms with Crippen LogP contribution in [0.1, 0.15) is 50.3 Å². The van der Waals surface area contributed by atoms with Gasteiger partial charge in [0, 0.05) is 35.0 Å². The van der Waals surface area contributed by atoms with E-state index >= 15 is 0 Å². The van der Waals surface area contributed by atoms with Gasteiger partial charge in [0.05, 0.1) is 6.61 Å². The van der Waals surface area contributed by atoms with Gasteiger partial charge in [0.2, 0.25) is 11.8 Å². The van der Waals surface area contributed by atoms with Crippen molar-refractivity contribution in [3.05, 3.63) is 99.5 Å². The van der Waals surface area contributed by atoms with Crippen LogP contribution < -0.4 is 10.1 Å². The highest BCUT2D eigenvalue weighted by molar-refractivity contribution is 6.35. The molecular formula is C31H36Cl2N2O3. The molecule has 1 unspecified atom stereocenters. The second kappa shape index (κ2) is 13.7. The fourth-order valence-electron chi connectivity index (χ4n) is 4.03. The Hall–Kier alpha value is -3.02. The van der Waals surface area contributed by atoms with E-state index in [1.807, 2.05) is 82.3 Å². The Morgan fingerprint density at radius 1 is 0.974 bits per heavy atom. The third-order valence-corrected chi connectivity index (χ3v) is 6.54. The van der Waals surface area contributed by atoms with Crippen LogP contribution in [0.25, 0.3) is 0 Å². The summed E-state index contributed by atoms with van der Waals surface area (Å²) in [5.74, 6) is 0.406. The Bertz CT molecular complexity index is 1210. The lowest BCUT2D eigenvalue weighted by Gasteiger charge is -2.34. The molecule has 7 heteroatoms. The number of hydrogen-bond donors (Lipinski definition) is 1. The highest BCUT2D eigenvalue weighted by atomic mass is 35.5. The first kappa shape index (κ1) is 29.5. The zero-order valence-corrected chi connectivity index (χ0v) is 24.0. The standard InChI is InChI=1S/C31H36Cl2N2O3/c1-22-12-16-26(17-13-22)38-18-8-11-29(36)35(21-24-14-15-25(32)20-27(24)33)28(30(37)34-31(2,3)4)19-23-9-6-5-7-10-23/h5-7,9-10,12-17,20,28H,8,11,18-19,21H2,1-4H3,(H,34,37). The number of aryl methyl sites for hydroxylation is 1. The average Bonchev–Trinajstić information content (AvgIpc) is 2.85. The molecule has 0 aliphatic carbocycles. The molecule has 1 atom stereocenters. The van der Waals surface area contributed by atoms with Gasteiger partial charge in [-0.25, -0.2) is 0 Å². The van der Waals surface area contributed by atoms with E-state index in [1.54, 1.807) is 23.1 Å². The Morgan fingerprint density at radius 2 is 1.66 bits per heavy atom. The molecule has 0 saturated heterocycles. The first-order valence-electron chi connectivity index (χ1n) is 12.8. The largest absolute Gasteiger partial charge is 0.494 e. The summed E-state index contributed by atoms with van der Waals surface area (Å²) in [5, 5.41) is 4.03. The lowest BCUT2D eigenvalue weighted by molar-refractivity contribution is -0.142. The fraction of sp³-hybridized carbons (Fsp3) is 0.355. The van der Waals surface area contributed by atoms with E-state index < -0.39 is 11.6 Å². The number of amides is 2. The number of benzene rings is 3. The molecule has 202 valence electrons. The molecule has 0 aliphatic heterocycles. The van der Waals surface area contributed by atoms with Gasteiger partial charge in [0.1, 0.15) is 11.8 Å². The predicted molar refractivity (Wildman–Crippen MR) is 155 cm³/mol. The van der Waals surface area contributed by atoms with Gasteiger partial charge in [-0.05, 0) is 69.5 Å². The van der Waals surface area contributed by atoms with Gasteiger partial charge in [0.25, 0.3) is 0 Å². The van der Waals surface area contributed by atoms with Crippen molar-refractivity contribution in [2.75, 3.05) is 6.61 Å². The van der Waals surface area contributed by atoms with Gasteiger partial charge >= 0.3 is 0 Å². The van der Waals surface area contributed by atoms with E-state index in [1.165, 1.54) is 0 Å². The first-order chi connectivity index (χ1) is 18.0. The molecule has 0 bridgehead atoms. The Kier molecular flexibility index (Phi) is 10.6. The molecule has 0 fully saturated rings. The van der Waals surface area contributed by atoms with Crippen LogP contribution in [0.3, 0.4) is 0 Å². The summed E-state index contributed by atoms with van der Waals surface area (Å²) in [4.78, 5) is 28.9. The highest BCUT2D eigenvalue weighted by Crippen LogP contribution is 2.25. The third-order valence-electron chi connectivity index (χ3n) is 5.95. The zero-order valence-electron chi connectivity index (χ0n) is 22.5. The van der Waals surface area contributed by atoms with Crippen molar-refractivity contribution < 1.29 is 14.3 Å². The summed E-state index contributed by atoms with van der Waals surface area (Å²) in [6.07, 6.45) is 1.11. The Labute approximate surface area is 236 Å². The molecule has 0 saturated carbocycles. The highest BCUT2D eigenvalue weighted by Gasteiger charge is 2.32. The van der Waals surface area contributed by atoms with Crippen molar-refractivity contribution in [3.8, 4) is 5.75 Å². The number of carbonyl (C=O) groups excluding carboxylic acids is 2. The molecule has 2 amide bonds. The van der Waals surface area contributed by atoms with Crippen LogP contribution >= 0.6 is 23.2 Å². The van der Waals surface area contributed by atoms with Gasteiger partial charge < -0.3 is 15.0 Å². The maximum Gasteiger partial charge on any atom is 0.243 e. The second-order valence-electron chi connectivity index (χ2n) is 10.5. The molecule has 0 heterocycles. The summed E-state index contributed by atoms with van der Waals surface area (Å²) >= 11 is 12.6. The normalized spacial score (nSPS) is 12.1. The smallest absolute Gasteiger partial charge is 0.243 e. The summed E-state index contributed by atoms with van der Waals surface area (Å²) in [6, 6.07) is 22.0. The molecule has 5 nitrogen and oxygen atoms in total. The minimum absolute atomic E-state index is 0.145. The molecule has 3 aromatic rings. The van der Waals surface area contributed by atoms with Crippen molar-refractivity contribution in [3.63, 3.8) is 0 Å². The molecule has 0 spiro atoms. The summed E-state index contributed by atoms with van der Waals surface area (Å²) in [5.41, 5.74) is 2.38. The van der Waals surface area contributed by atoms with Crippen molar-refractivity contribution in [2.24, 2.45) is 0 Å². The van der Waals surface area contributed by atoms with E-state index in [2.05, 4.69) is 5.32 Å². The van der Waals surface area contributed by atoms with Gasteiger partial charge in [-0.2, -0.15) is 0 Å². The number of hydrogen-bond acceptors (Lipinski definition) is 3. The van der Waals surface area contributed by atoms with E-state index in [0.29, 0.717) is 29.5 Å². The quantitative estimate of drug-likeness (QED) is 0.259. The lowest BCUT2D eigenvalue weighted by atomic mass is 10.00. The van der Waals surface area contributed by atoms with Gasteiger partial charge in [-0.15, -0.1) is 0 Å². The number of nitrogens with one attached hydrogen (secondary N) is 1. The molecular weight excluding hydrogens is 519 g/mol. The number of nitrogens with zero attached hydrogens (tertiary/aromatic N) is 1. The number of ether oxygens (including phenoxy) is 1. The summed E-state index contributed by atoms with van der Waals surface area (Å²) < 4.78 is 5.83. The molecule has 0 aromatic heterocycles. The average molecular weight is 556 g/mol. The van der Waals surface area contributed by atoms with Gasteiger partial charge in [0.15, 0.2) is 0 Å². The lowest BCUT2D eigenvalue weighted by Crippen LogP contribution is -2.54. The second-order valence-corrected chi connectivity index (χ2v) is 11.3. The van der Waals surface area contributed by atoms with Gasteiger partial charge in [-0.1, -0.05) is 77.3 Å². The van der Waals surface area contributed by atoms with Crippen LogP contribution in [0.4, 0.5) is 0 Å². The maximum atomic E-state index is 13.7. The van der Waals surface area contributed by atoms with E-state index in [-0.39, 0.29) is 24.8 Å². The maximum absolute atomic E-state index is 13.7. The van der Waals surface area contributed by atoms with Crippen molar-refractivity contribution >= 4 is 35.0 Å². The predicted octanol–water partition coefficient (Wildman–Crippen LogP) is 7.02. The molecule has 0 aliphatic rings. The van der Waals surface area contributed by atoms with Crippen LogP contribution in [0, 0.1) is 6.92 Å². The summed E-state index contributed by atoms with van der Waals surface area (Å²) in [7, 11) is 0. The minimum Gasteiger partial charge on any atom is -0.494 e. The first-order valence-corrected chi connectivity index (χ1v) is 13.6. The van der Waals surface area contributed by atoms with E-state index in [0.717, 1.165) is 22.4 Å². The minimum atomic E-state index is -0.728. The zero-order chi connectivity index (χ0) is 27.7. The van der Waals surface area contributed by atoms with Crippen LogP contribution in [0.5, 0.6) is 5.75 Å². The molecule has 0 radical (unpaired) electrons. The molecule has 1 N–H and O–H groups in total. The van der Waals surface area contributed by atoms with Crippen LogP contribution in [0.2, 0.25) is 10.0 Å². The van der Waals surface area contributed by atoms with Crippen molar-refractivity contribution in [1.82, 2.24) is 10.2 Å². The number of halogens is 2. The Morgan fingerprint density at radius 3 is 2.29 bits per heavy atom. The van der Waals surface area contributed by atoms with Crippen molar-refractivity contribution in [1.29, 1.82) is 0 Å². The topological polar surface area (TPSA) is 58.6 Å². The molecule has 3 rings (SSSR count). The third kappa shape index (κ3) is 9.38. The van der Waals surface area contributed by atoms with Crippen LogP contribution in [-0.4, -0.2) is 34.9 Å². The fourth-order valence-corrected chi connectivity index (χ4v) is 4.50.